The Morgan fingerprint density at radius 2 is 1.43 bits per heavy atom. The first kappa shape index (κ1) is 19.8. The monoisotopic (exact) mass is 398 g/mol. The molecular formula is C29H34O. The van der Waals surface area contributed by atoms with Gasteiger partial charge in [0.15, 0.2) is 0 Å². The molecule has 4 atom stereocenters. The summed E-state index contributed by atoms with van der Waals surface area (Å²) in [5.74, 6) is 3.32. The molecule has 5 rings (SSSR count). The van der Waals surface area contributed by atoms with Crippen molar-refractivity contribution in [3.8, 4) is 0 Å². The fraction of sp³-hybridized carbons (Fsp3) is 0.483. The Balaban J connectivity index is 1.46. The van der Waals surface area contributed by atoms with Crippen molar-refractivity contribution in [1.82, 2.24) is 0 Å². The van der Waals surface area contributed by atoms with E-state index in [-0.39, 0.29) is 5.92 Å². The summed E-state index contributed by atoms with van der Waals surface area (Å²) in [7, 11) is 0. The van der Waals surface area contributed by atoms with Gasteiger partial charge in [0.2, 0.25) is 0 Å². The van der Waals surface area contributed by atoms with Crippen LogP contribution in [0.2, 0.25) is 0 Å². The van der Waals surface area contributed by atoms with Gasteiger partial charge in [-0.25, -0.2) is 0 Å². The van der Waals surface area contributed by atoms with Crippen LogP contribution in [0.25, 0.3) is 21.5 Å². The summed E-state index contributed by atoms with van der Waals surface area (Å²) >= 11 is 0. The van der Waals surface area contributed by atoms with Gasteiger partial charge in [0, 0.05) is 12.3 Å². The average molecular weight is 399 g/mol. The van der Waals surface area contributed by atoms with Crippen molar-refractivity contribution in [3.63, 3.8) is 0 Å². The molecule has 0 N–H and O–H groups in total. The second-order valence-corrected chi connectivity index (χ2v) is 10.2. The van der Waals surface area contributed by atoms with E-state index in [9.17, 15) is 4.79 Å². The van der Waals surface area contributed by atoms with E-state index < -0.39 is 0 Å². The molecule has 0 aromatic heterocycles. The van der Waals surface area contributed by atoms with E-state index in [1.165, 1.54) is 52.8 Å². The minimum Gasteiger partial charge on any atom is -0.299 e. The Hall–Kier alpha value is -2.15. The molecule has 2 fully saturated rings. The highest BCUT2D eigenvalue weighted by Crippen LogP contribution is 2.45. The maximum atomic E-state index is 13.3. The topological polar surface area (TPSA) is 17.1 Å². The van der Waals surface area contributed by atoms with Gasteiger partial charge in [-0.15, -0.1) is 0 Å². The van der Waals surface area contributed by atoms with Gasteiger partial charge >= 0.3 is 0 Å². The van der Waals surface area contributed by atoms with Crippen LogP contribution in [-0.2, 0) is 4.79 Å². The fourth-order valence-corrected chi connectivity index (χ4v) is 6.55. The molecule has 30 heavy (non-hydrogen) atoms. The van der Waals surface area contributed by atoms with E-state index in [2.05, 4.69) is 68.4 Å². The predicted octanol–water partition coefficient (Wildman–Crippen LogP) is 7.91. The van der Waals surface area contributed by atoms with E-state index in [0.29, 0.717) is 29.5 Å². The van der Waals surface area contributed by atoms with Crippen molar-refractivity contribution in [1.29, 1.82) is 0 Å². The Morgan fingerprint density at radius 1 is 0.833 bits per heavy atom. The van der Waals surface area contributed by atoms with Crippen LogP contribution in [0.4, 0.5) is 0 Å². The van der Waals surface area contributed by atoms with Crippen molar-refractivity contribution in [2.75, 3.05) is 0 Å². The molecule has 0 spiro atoms. The molecule has 0 saturated heterocycles. The van der Waals surface area contributed by atoms with E-state index in [1.807, 2.05) is 0 Å². The molecule has 1 nitrogen and oxygen atoms in total. The van der Waals surface area contributed by atoms with Crippen LogP contribution in [0.1, 0.15) is 70.3 Å². The first-order valence-corrected chi connectivity index (χ1v) is 12.0. The van der Waals surface area contributed by atoms with Crippen LogP contribution in [0.15, 0.2) is 54.6 Å². The molecule has 0 bridgehead atoms. The number of ketones is 1. The molecule has 2 saturated carbocycles. The number of hydrogen-bond acceptors (Lipinski definition) is 1. The van der Waals surface area contributed by atoms with E-state index in [4.69, 9.17) is 0 Å². The number of carbonyl (C=O) groups is 1. The second-order valence-electron chi connectivity index (χ2n) is 10.2. The summed E-state index contributed by atoms with van der Waals surface area (Å²) in [6, 6.07) is 20.0. The molecular weight excluding hydrogens is 364 g/mol. The second kappa shape index (κ2) is 8.17. The number of hydrogen-bond donors (Lipinski definition) is 0. The zero-order chi connectivity index (χ0) is 20.7. The number of carbonyl (C=O) groups excluding carboxylic acids is 1. The van der Waals surface area contributed by atoms with Crippen LogP contribution in [0.3, 0.4) is 0 Å². The third-order valence-electron chi connectivity index (χ3n) is 8.33. The van der Waals surface area contributed by atoms with E-state index in [0.717, 1.165) is 19.3 Å². The Bertz CT molecular complexity index is 1000. The molecule has 0 aliphatic heterocycles. The van der Waals surface area contributed by atoms with Crippen molar-refractivity contribution < 1.29 is 4.79 Å². The summed E-state index contributed by atoms with van der Waals surface area (Å²) in [4.78, 5) is 13.3. The quantitative estimate of drug-likeness (QED) is 0.408. The standard InChI is InChI=1S/C29H34O/c1-19-14-15-20(2)27(19)18-28(30)23-10-7-11-24(17-23)29-25-12-5-3-8-21(25)16-22-9-4-6-13-26(22)29/h3-6,8-9,12-13,16,19-20,23-24,27H,7,10-11,14-15,17-18H2,1-2H3. The first-order valence-electron chi connectivity index (χ1n) is 12.0. The fourth-order valence-electron chi connectivity index (χ4n) is 6.55. The molecule has 1 heteroatoms. The summed E-state index contributed by atoms with van der Waals surface area (Å²) in [6.07, 6.45) is 7.92. The number of fused-ring (bicyclic) bond motifs is 2. The molecule has 4 unspecified atom stereocenters. The third kappa shape index (κ3) is 3.57. The van der Waals surface area contributed by atoms with Gasteiger partial charge < -0.3 is 0 Å². The summed E-state index contributed by atoms with van der Waals surface area (Å²) in [5, 5.41) is 5.42. The number of benzene rings is 3. The van der Waals surface area contributed by atoms with Crippen LogP contribution in [-0.4, -0.2) is 5.78 Å². The predicted molar refractivity (Wildman–Crippen MR) is 127 cm³/mol. The first-order chi connectivity index (χ1) is 14.6. The molecule has 156 valence electrons. The minimum atomic E-state index is 0.251. The van der Waals surface area contributed by atoms with Gasteiger partial charge in [-0.1, -0.05) is 81.6 Å². The lowest BCUT2D eigenvalue weighted by atomic mass is 9.72. The van der Waals surface area contributed by atoms with Gasteiger partial charge in [0.25, 0.3) is 0 Å². The third-order valence-corrected chi connectivity index (χ3v) is 8.33. The minimum absolute atomic E-state index is 0.251. The van der Waals surface area contributed by atoms with Gasteiger partial charge in [0.1, 0.15) is 5.78 Å². The van der Waals surface area contributed by atoms with E-state index >= 15 is 0 Å². The lowest BCUT2D eigenvalue weighted by Gasteiger charge is -2.31. The lowest BCUT2D eigenvalue weighted by molar-refractivity contribution is -0.125. The number of Topliss-reactive ketones (excluding diaryl/α,β-unsaturated/α-hetero) is 1. The SMILES string of the molecule is CC1CCC(C)C1CC(=O)C1CCCC(c2c3ccccc3cc3ccccc23)C1. The highest BCUT2D eigenvalue weighted by molar-refractivity contribution is 6.02. The van der Waals surface area contributed by atoms with Gasteiger partial charge in [-0.2, -0.15) is 0 Å². The molecule has 3 aromatic rings. The molecule has 2 aliphatic rings. The van der Waals surface area contributed by atoms with Crippen molar-refractivity contribution in [2.45, 2.75) is 64.7 Å². The van der Waals surface area contributed by atoms with Crippen LogP contribution in [0.5, 0.6) is 0 Å². The van der Waals surface area contributed by atoms with Crippen LogP contribution < -0.4 is 0 Å². The van der Waals surface area contributed by atoms with Gasteiger partial charge in [0.05, 0.1) is 0 Å². The van der Waals surface area contributed by atoms with Gasteiger partial charge in [-0.3, -0.25) is 4.79 Å². The largest absolute Gasteiger partial charge is 0.299 e. The summed E-state index contributed by atoms with van der Waals surface area (Å²) in [5.41, 5.74) is 1.49. The Morgan fingerprint density at radius 3 is 2.07 bits per heavy atom. The van der Waals surface area contributed by atoms with Crippen molar-refractivity contribution >= 4 is 27.3 Å². The smallest absolute Gasteiger partial charge is 0.136 e. The van der Waals surface area contributed by atoms with Crippen molar-refractivity contribution in [2.24, 2.45) is 23.7 Å². The summed E-state index contributed by atoms with van der Waals surface area (Å²) < 4.78 is 0. The highest BCUT2D eigenvalue weighted by atomic mass is 16.1. The Kier molecular flexibility index (Phi) is 5.39. The van der Waals surface area contributed by atoms with Crippen molar-refractivity contribution in [3.05, 3.63) is 60.2 Å². The maximum absolute atomic E-state index is 13.3. The zero-order valence-electron chi connectivity index (χ0n) is 18.4. The molecule has 3 aromatic carbocycles. The van der Waals surface area contributed by atoms with Crippen LogP contribution >= 0.6 is 0 Å². The normalized spacial score (nSPS) is 29.5. The molecule has 0 amide bonds. The zero-order valence-corrected chi connectivity index (χ0v) is 18.4. The maximum Gasteiger partial charge on any atom is 0.136 e. The van der Waals surface area contributed by atoms with E-state index in [1.54, 1.807) is 0 Å². The summed E-state index contributed by atoms with van der Waals surface area (Å²) in [6.45, 7) is 4.71. The molecule has 0 radical (unpaired) electrons. The lowest BCUT2D eigenvalue weighted by Crippen LogP contribution is -2.26. The average Bonchev–Trinajstić information content (AvgIpc) is 3.09. The van der Waals surface area contributed by atoms with Crippen LogP contribution in [0, 0.1) is 23.7 Å². The van der Waals surface area contributed by atoms with Gasteiger partial charge in [-0.05, 0) is 76.1 Å². The highest BCUT2D eigenvalue weighted by Gasteiger charge is 2.35. The molecule has 0 heterocycles. The number of rotatable bonds is 4. The Labute approximate surface area is 180 Å². The molecule has 2 aliphatic carbocycles.